The highest BCUT2D eigenvalue weighted by atomic mass is 35.5. The molecule has 6 heteroatoms. The van der Waals surface area contributed by atoms with Gasteiger partial charge in [-0.15, -0.1) is 0 Å². The second kappa shape index (κ2) is 7.74. The number of hydrogen-bond donors (Lipinski definition) is 1. The van der Waals surface area contributed by atoms with Crippen LogP contribution in [0.15, 0.2) is 42.5 Å². The molecule has 1 atom stereocenters. The van der Waals surface area contributed by atoms with Crippen LogP contribution in [0.1, 0.15) is 6.92 Å². The van der Waals surface area contributed by atoms with Crippen molar-refractivity contribution in [1.82, 2.24) is 0 Å². The summed E-state index contributed by atoms with van der Waals surface area (Å²) in [6.07, 6.45) is -0.721. The number of carbonyl (C=O) groups excluding carboxylic acids is 1. The first-order valence-electron chi connectivity index (χ1n) is 6.99. The molecule has 0 aromatic heterocycles. The summed E-state index contributed by atoms with van der Waals surface area (Å²) in [5.74, 6) is 1.29. The first-order valence-corrected chi connectivity index (χ1v) is 7.37. The van der Waals surface area contributed by atoms with Crippen LogP contribution >= 0.6 is 11.6 Å². The van der Waals surface area contributed by atoms with E-state index in [1.807, 2.05) is 0 Å². The number of rotatable bonds is 6. The van der Waals surface area contributed by atoms with Crippen molar-refractivity contribution in [3.8, 4) is 17.2 Å². The molecular formula is C17H18ClNO4. The second-order valence-electron chi connectivity index (χ2n) is 4.75. The van der Waals surface area contributed by atoms with Crippen LogP contribution in [0.4, 0.5) is 5.69 Å². The Bertz CT molecular complexity index is 690. The van der Waals surface area contributed by atoms with Crippen LogP contribution in [0.2, 0.25) is 5.02 Å². The predicted octanol–water partition coefficient (Wildman–Crippen LogP) is 3.76. The quantitative estimate of drug-likeness (QED) is 0.873. The Morgan fingerprint density at radius 1 is 1.09 bits per heavy atom. The van der Waals surface area contributed by atoms with Gasteiger partial charge in [0.25, 0.3) is 5.91 Å². The van der Waals surface area contributed by atoms with Crippen LogP contribution in [-0.2, 0) is 4.79 Å². The normalized spacial score (nSPS) is 11.5. The summed E-state index contributed by atoms with van der Waals surface area (Å²) < 4.78 is 16.0. The molecule has 0 heterocycles. The molecule has 2 rings (SSSR count). The molecule has 0 radical (unpaired) electrons. The van der Waals surface area contributed by atoms with Gasteiger partial charge in [-0.3, -0.25) is 4.79 Å². The average Bonchev–Trinajstić information content (AvgIpc) is 2.57. The minimum absolute atomic E-state index is 0.312. The third-order valence-corrected chi connectivity index (χ3v) is 3.49. The first-order chi connectivity index (χ1) is 11.0. The summed E-state index contributed by atoms with van der Waals surface area (Å²) in [6, 6.07) is 12.1. The molecule has 0 aliphatic heterocycles. The van der Waals surface area contributed by atoms with Gasteiger partial charge in [0.1, 0.15) is 17.2 Å². The monoisotopic (exact) mass is 335 g/mol. The van der Waals surface area contributed by atoms with Crippen LogP contribution in [-0.4, -0.2) is 26.2 Å². The highest BCUT2D eigenvalue weighted by Gasteiger charge is 2.18. The maximum atomic E-state index is 12.3. The van der Waals surface area contributed by atoms with Crippen LogP contribution < -0.4 is 19.5 Å². The van der Waals surface area contributed by atoms with Crippen molar-refractivity contribution in [1.29, 1.82) is 0 Å². The summed E-state index contributed by atoms with van der Waals surface area (Å²) in [7, 11) is 3.08. The zero-order valence-corrected chi connectivity index (χ0v) is 13.9. The predicted molar refractivity (Wildman–Crippen MR) is 89.7 cm³/mol. The standard InChI is InChI=1S/C17H18ClNO4/c1-11(23-15-7-5-4-6-13(15)18)17(20)19-14-9-8-12(21-2)10-16(14)22-3/h4-11H,1-3H3,(H,19,20)/t11-/m0/s1. The van der Waals surface area contributed by atoms with E-state index < -0.39 is 6.10 Å². The van der Waals surface area contributed by atoms with Gasteiger partial charge in [-0.25, -0.2) is 0 Å². The molecule has 0 unspecified atom stereocenters. The molecule has 122 valence electrons. The van der Waals surface area contributed by atoms with Gasteiger partial charge in [0.05, 0.1) is 24.9 Å². The van der Waals surface area contributed by atoms with E-state index in [0.717, 1.165) is 0 Å². The molecule has 0 bridgehead atoms. The molecule has 23 heavy (non-hydrogen) atoms. The number of methoxy groups -OCH3 is 2. The molecule has 5 nitrogen and oxygen atoms in total. The van der Waals surface area contributed by atoms with E-state index in [0.29, 0.717) is 28.0 Å². The van der Waals surface area contributed by atoms with Gasteiger partial charge in [-0.1, -0.05) is 23.7 Å². The van der Waals surface area contributed by atoms with E-state index in [9.17, 15) is 4.79 Å². The van der Waals surface area contributed by atoms with Crippen molar-refractivity contribution in [2.75, 3.05) is 19.5 Å². The number of carbonyl (C=O) groups is 1. The van der Waals surface area contributed by atoms with Gasteiger partial charge in [0, 0.05) is 6.07 Å². The summed E-state index contributed by atoms with van der Waals surface area (Å²) in [5, 5.41) is 3.22. The fraction of sp³-hybridized carbons (Fsp3) is 0.235. The molecule has 0 saturated heterocycles. The Morgan fingerprint density at radius 2 is 1.83 bits per heavy atom. The molecule has 2 aromatic carbocycles. The summed E-state index contributed by atoms with van der Waals surface area (Å²) >= 11 is 6.02. The van der Waals surface area contributed by atoms with Gasteiger partial charge in [0.2, 0.25) is 0 Å². The van der Waals surface area contributed by atoms with E-state index in [-0.39, 0.29) is 5.91 Å². The zero-order valence-electron chi connectivity index (χ0n) is 13.1. The lowest BCUT2D eigenvalue weighted by Gasteiger charge is -2.17. The van der Waals surface area contributed by atoms with E-state index >= 15 is 0 Å². The average molecular weight is 336 g/mol. The van der Waals surface area contributed by atoms with Gasteiger partial charge in [-0.2, -0.15) is 0 Å². The molecule has 0 aliphatic carbocycles. The number of benzene rings is 2. The van der Waals surface area contributed by atoms with E-state index in [4.69, 9.17) is 25.8 Å². The van der Waals surface area contributed by atoms with E-state index in [2.05, 4.69) is 5.32 Å². The third kappa shape index (κ3) is 4.29. The number of hydrogen-bond acceptors (Lipinski definition) is 4. The van der Waals surface area contributed by atoms with Crippen LogP contribution in [0, 0.1) is 0 Å². The Morgan fingerprint density at radius 3 is 2.48 bits per heavy atom. The Kier molecular flexibility index (Phi) is 5.71. The number of nitrogens with one attached hydrogen (secondary N) is 1. The van der Waals surface area contributed by atoms with Gasteiger partial charge >= 0.3 is 0 Å². The number of para-hydroxylation sites is 1. The van der Waals surface area contributed by atoms with Crippen molar-refractivity contribution in [3.05, 3.63) is 47.5 Å². The van der Waals surface area contributed by atoms with Crippen LogP contribution in [0.5, 0.6) is 17.2 Å². The minimum atomic E-state index is -0.721. The highest BCUT2D eigenvalue weighted by Crippen LogP contribution is 2.29. The van der Waals surface area contributed by atoms with Crippen molar-refractivity contribution >= 4 is 23.2 Å². The van der Waals surface area contributed by atoms with Crippen LogP contribution in [0.25, 0.3) is 0 Å². The molecule has 0 aliphatic rings. The maximum absolute atomic E-state index is 12.3. The number of anilines is 1. The molecule has 0 fully saturated rings. The topological polar surface area (TPSA) is 56.8 Å². The molecule has 2 aromatic rings. The number of halogens is 1. The zero-order chi connectivity index (χ0) is 16.8. The summed E-state index contributed by atoms with van der Waals surface area (Å²) in [5.41, 5.74) is 0.535. The molecule has 0 saturated carbocycles. The first kappa shape index (κ1) is 17.0. The second-order valence-corrected chi connectivity index (χ2v) is 5.15. The highest BCUT2D eigenvalue weighted by molar-refractivity contribution is 6.32. The minimum Gasteiger partial charge on any atom is -0.497 e. The Hall–Kier alpha value is -2.40. The maximum Gasteiger partial charge on any atom is 0.265 e. The summed E-state index contributed by atoms with van der Waals surface area (Å²) in [6.45, 7) is 1.65. The van der Waals surface area contributed by atoms with Gasteiger partial charge < -0.3 is 19.5 Å². The molecule has 1 amide bonds. The Labute approximate surface area is 140 Å². The number of amides is 1. The Balaban J connectivity index is 2.08. The van der Waals surface area contributed by atoms with Crippen molar-refractivity contribution in [3.63, 3.8) is 0 Å². The van der Waals surface area contributed by atoms with Crippen LogP contribution in [0.3, 0.4) is 0 Å². The lowest BCUT2D eigenvalue weighted by molar-refractivity contribution is -0.122. The molecule has 0 spiro atoms. The molecule has 1 N–H and O–H groups in total. The lowest BCUT2D eigenvalue weighted by atomic mass is 10.2. The van der Waals surface area contributed by atoms with E-state index in [1.54, 1.807) is 56.5 Å². The lowest BCUT2D eigenvalue weighted by Crippen LogP contribution is -2.30. The molecular weight excluding hydrogens is 318 g/mol. The van der Waals surface area contributed by atoms with Gasteiger partial charge in [-0.05, 0) is 31.2 Å². The third-order valence-electron chi connectivity index (χ3n) is 3.18. The van der Waals surface area contributed by atoms with Crippen molar-refractivity contribution in [2.45, 2.75) is 13.0 Å². The fourth-order valence-electron chi connectivity index (χ4n) is 1.92. The summed E-state index contributed by atoms with van der Waals surface area (Å²) in [4.78, 5) is 12.3. The number of ether oxygens (including phenoxy) is 3. The van der Waals surface area contributed by atoms with Crippen molar-refractivity contribution in [2.24, 2.45) is 0 Å². The largest absolute Gasteiger partial charge is 0.497 e. The smallest absolute Gasteiger partial charge is 0.265 e. The van der Waals surface area contributed by atoms with Gasteiger partial charge in [0.15, 0.2) is 6.10 Å². The van der Waals surface area contributed by atoms with Crippen molar-refractivity contribution < 1.29 is 19.0 Å². The fourth-order valence-corrected chi connectivity index (χ4v) is 2.10. The van der Waals surface area contributed by atoms with E-state index in [1.165, 1.54) is 7.11 Å². The SMILES string of the molecule is COc1ccc(NC(=O)[C@H](C)Oc2ccccc2Cl)c(OC)c1.